The average molecular weight is 586 g/mol. The first-order chi connectivity index (χ1) is 16.5. The quantitative estimate of drug-likeness (QED) is 0.162. The van der Waals surface area contributed by atoms with Crippen molar-refractivity contribution in [1.82, 2.24) is 9.97 Å². The molecule has 2 heterocycles. The zero-order valence-electron chi connectivity index (χ0n) is 18.7. The molecule has 0 aliphatic rings. The maximum absolute atomic E-state index is 12.0. The van der Waals surface area contributed by atoms with Crippen molar-refractivity contribution in [2.75, 3.05) is 6.26 Å². The van der Waals surface area contributed by atoms with Crippen molar-refractivity contribution in [2.24, 2.45) is 0 Å². The lowest BCUT2D eigenvalue weighted by molar-refractivity contribution is 0.588. The van der Waals surface area contributed by atoms with E-state index in [0.717, 1.165) is 33.2 Å². The Morgan fingerprint density at radius 1 is 0.943 bits per heavy atom. The second kappa shape index (κ2) is 10.8. The van der Waals surface area contributed by atoms with E-state index in [0.29, 0.717) is 17.1 Å². The molecule has 4 nitrogen and oxygen atoms in total. The second-order valence-corrected chi connectivity index (χ2v) is 13.1. The standard InChI is InChI=1S/C25H20Cl4N2O2S2/c1-14(35(2,32)33)9-16-11-18-7-4-8-30-22(18)19(12-16)17-6-3-5-15(10-17)13-34-23-20(26)24(28)31-25(29)21(23)27/h3-8,10-12,14H,9,13H2,1-2H3. The molecule has 35 heavy (non-hydrogen) atoms. The van der Waals surface area contributed by atoms with E-state index in [1.54, 1.807) is 13.1 Å². The lowest BCUT2D eigenvalue weighted by Gasteiger charge is -2.14. The molecule has 0 saturated carbocycles. The third kappa shape index (κ3) is 6.07. The van der Waals surface area contributed by atoms with Gasteiger partial charge in [-0.05, 0) is 48.2 Å². The minimum absolute atomic E-state index is 0.106. The second-order valence-electron chi connectivity index (χ2n) is 8.20. The van der Waals surface area contributed by atoms with Crippen LogP contribution in [0.25, 0.3) is 22.0 Å². The molecule has 0 saturated heterocycles. The molecule has 4 rings (SSSR count). The average Bonchev–Trinajstić information content (AvgIpc) is 2.82. The van der Waals surface area contributed by atoms with Crippen LogP contribution in [0.5, 0.6) is 0 Å². The number of aromatic nitrogens is 2. The molecule has 2 aromatic carbocycles. The first-order valence-corrected chi connectivity index (χ1v) is 15.0. The van der Waals surface area contributed by atoms with Crippen molar-refractivity contribution in [3.05, 3.63) is 86.2 Å². The summed E-state index contributed by atoms with van der Waals surface area (Å²) in [5.74, 6) is 0.570. The summed E-state index contributed by atoms with van der Waals surface area (Å²) in [4.78, 5) is 9.10. The van der Waals surface area contributed by atoms with Gasteiger partial charge < -0.3 is 0 Å². The lowest BCUT2D eigenvalue weighted by atomic mass is 9.96. The summed E-state index contributed by atoms with van der Waals surface area (Å²) in [6, 6.07) is 16.0. The molecule has 4 aromatic rings. The van der Waals surface area contributed by atoms with Gasteiger partial charge in [-0.25, -0.2) is 13.4 Å². The fourth-order valence-electron chi connectivity index (χ4n) is 3.65. The maximum Gasteiger partial charge on any atom is 0.150 e. The van der Waals surface area contributed by atoms with E-state index in [4.69, 9.17) is 46.4 Å². The Morgan fingerprint density at radius 3 is 2.34 bits per heavy atom. The van der Waals surface area contributed by atoms with Gasteiger partial charge in [0.25, 0.3) is 0 Å². The van der Waals surface area contributed by atoms with Crippen molar-refractivity contribution in [3.8, 4) is 11.1 Å². The molecule has 0 N–H and O–H groups in total. The Bertz CT molecular complexity index is 1500. The predicted molar refractivity (Wildman–Crippen MR) is 149 cm³/mol. The maximum atomic E-state index is 12.0. The highest BCUT2D eigenvalue weighted by molar-refractivity contribution is 7.98. The molecule has 2 aromatic heterocycles. The van der Waals surface area contributed by atoms with Crippen LogP contribution in [0.4, 0.5) is 0 Å². The van der Waals surface area contributed by atoms with Crippen LogP contribution in [0.3, 0.4) is 0 Å². The predicted octanol–water partition coefficient (Wildman–Crippen LogP) is 8.18. The molecule has 0 aliphatic carbocycles. The fourth-order valence-corrected chi connectivity index (χ4v) is 6.25. The summed E-state index contributed by atoms with van der Waals surface area (Å²) in [6.07, 6.45) is 3.45. The van der Waals surface area contributed by atoms with Crippen LogP contribution in [0.2, 0.25) is 20.4 Å². The van der Waals surface area contributed by atoms with Crippen molar-refractivity contribution in [3.63, 3.8) is 0 Å². The normalized spacial score (nSPS) is 12.7. The molecule has 0 amide bonds. The summed E-state index contributed by atoms with van der Waals surface area (Å²) in [7, 11) is -3.15. The number of rotatable bonds is 7. The number of pyridine rings is 2. The van der Waals surface area contributed by atoms with Gasteiger partial charge in [0.1, 0.15) is 9.84 Å². The number of hydrogen-bond acceptors (Lipinski definition) is 5. The zero-order chi connectivity index (χ0) is 25.3. The molecule has 1 unspecified atom stereocenters. The van der Waals surface area contributed by atoms with Crippen molar-refractivity contribution >= 4 is 78.9 Å². The van der Waals surface area contributed by atoms with Crippen molar-refractivity contribution < 1.29 is 8.42 Å². The minimum Gasteiger partial charge on any atom is -0.256 e. The number of benzene rings is 2. The van der Waals surface area contributed by atoms with E-state index < -0.39 is 15.1 Å². The lowest BCUT2D eigenvalue weighted by Crippen LogP contribution is -2.18. The number of halogens is 4. The highest BCUT2D eigenvalue weighted by Crippen LogP contribution is 2.42. The van der Waals surface area contributed by atoms with Gasteiger partial charge in [0.05, 0.1) is 25.7 Å². The Hall–Kier alpha value is -1.54. The number of fused-ring (bicyclic) bond motifs is 1. The molecule has 0 bridgehead atoms. The number of nitrogens with zero attached hydrogens (tertiary/aromatic N) is 2. The molecule has 0 aliphatic heterocycles. The molecule has 1 atom stereocenters. The zero-order valence-corrected chi connectivity index (χ0v) is 23.4. The van der Waals surface area contributed by atoms with E-state index in [1.807, 2.05) is 42.5 Å². The van der Waals surface area contributed by atoms with E-state index in [1.165, 1.54) is 18.0 Å². The number of hydrogen-bond donors (Lipinski definition) is 0. The first-order valence-electron chi connectivity index (χ1n) is 10.5. The van der Waals surface area contributed by atoms with E-state index in [2.05, 4.69) is 16.0 Å². The van der Waals surface area contributed by atoms with Crippen LogP contribution in [0.15, 0.2) is 59.6 Å². The molecular formula is C25H20Cl4N2O2S2. The first kappa shape index (κ1) is 26.5. The SMILES string of the molecule is CC(Cc1cc(-c2cccc(CSc3c(Cl)c(Cl)nc(Cl)c3Cl)c2)c2ncccc2c1)S(C)(=O)=O. The Morgan fingerprint density at radius 2 is 1.66 bits per heavy atom. The Balaban J connectivity index is 1.70. The minimum atomic E-state index is -3.15. The Labute approximate surface area is 228 Å². The summed E-state index contributed by atoms with van der Waals surface area (Å²) >= 11 is 26.2. The smallest absolute Gasteiger partial charge is 0.150 e. The fraction of sp³-hybridized carbons (Fsp3) is 0.200. The largest absolute Gasteiger partial charge is 0.256 e. The van der Waals surface area contributed by atoms with Gasteiger partial charge in [0, 0.05) is 29.2 Å². The highest BCUT2D eigenvalue weighted by atomic mass is 35.5. The molecule has 0 fully saturated rings. The van der Waals surface area contributed by atoms with Gasteiger partial charge in [0.15, 0.2) is 10.3 Å². The van der Waals surface area contributed by atoms with Crippen LogP contribution in [0.1, 0.15) is 18.1 Å². The van der Waals surface area contributed by atoms with Gasteiger partial charge in [-0.1, -0.05) is 76.7 Å². The molecule has 0 radical (unpaired) electrons. The monoisotopic (exact) mass is 584 g/mol. The van der Waals surface area contributed by atoms with Crippen LogP contribution >= 0.6 is 58.2 Å². The molecule has 10 heteroatoms. The van der Waals surface area contributed by atoms with Crippen LogP contribution in [-0.2, 0) is 22.0 Å². The summed E-state index contributed by atoms with van der Waals surface area (Å²) in [5.41, 5.74) is 4.74. The van der Waals surface area contributed by atoms with Crippen LogP contribution < -0.4 is 0 Å². The number of sulfone groups is 1. The highest BCUT2D eigenvalue weighted by Gasteiger charge is 2.18. The summed E-state index contributed by atoms with van der Waals surface area (Å²) in [5, 5.41) is 1.22. The third-order valence-corrected chi connectivity index (χ3v) is 10.1. The van der Waals surface area contributed by atoms with E-state index in [-0.39, 0.29) is 20.4 Å². The summed E-state index contributed by atoms with van der Waals surface area (Å²) in [6.45, 7) is 1.73. The molecular weight excluding hydrogens is 566 g/mol. The third-order valence-electron chi connectivity index (χ3n) is 5.60. The van der Waals surface area contributed by atoms with Gasteiger partial charge in [-0.15, -0.1) is 11.8 Å². The molecule has 0 spiro atoms. The van der Waals surface area contributed by atoms with E-state index >= 15 is 0 Å². The topological polar surface area (TPSA) is 59.9 Å². The van der Waals surface area contributed by atoms with E-state index in [9.17, 15) is 8.42 Å². The van der Waals surface area contributed by atoms with Crippen molar-refractivity contribution in [1.29, 1.82) is 0 Å². The summed E-state index contributed by atoms with van der Waals surface area (Å²) < 4.78 is 24.0. The van der Waals surface area contributed by atoms with Crippen LogP contribution in [-0.4, -0.2) is 29.9 Å². The van der Waals surface area contributed by atoms with Crippen LogP contribution in [0, 0.1) is 0 Å². The van der Waals surface area contributed by atoms with Gasteiger partial charge in [0.2, 0.25) is 0 Å². The Kier molecular flexibility index (Phi) is 8.21. The number of thioether (sulfide) groups is 1. The van der Waals surface area contributed by atoms with Crippen molar-refractivity contribution in [2.45, 2.75) is 29.2 Å². The van der Waals surface area contributed by atoms with Gasteiger partial charge in [-0.3, -0.25) is 4.98 Å². The van der Waals surface area contributed by atoms with Gasteiger partial charge in [-0.2, -0.15) is 0 Å². The van der Waals surface area contributed by atoms with Gasteiger partial charge >= 0.3 is 0 Å². The molecule has 182 valence electrons.